The van der Waals surface area contributed by atoms with Crippen LogP contribution in [0.4, 0.5) is 5.69 Å². The van der Waals surface area contributed by atoms with Gasteiger partial charge in [-0.15, -0.1) is 0 Å². The van der Waals surface area contributed by atoms with Crippen molar-refractivity contribution in [3.63, 3.8) is 0 Å². The van der Waals surface area contributed by atoms with Crippen molar-refractivity contribution in [2.75, 3.05) is 38.1 Å². The van der Waals surface area contributed by atoms with Crippen molar-refractivity contribution < 1.29 is 5.11 Å². The molecule has 21 heavy (non-hydrogen) atoms. The van der Waals surface area contributed by atoms with Crippen LogP contribution in [0.15, 0.2) is 18.2 Å². The van der Waals surface area contributed by atoms with Crippen molar-refractivity contribution >= 4 is 5.69 Å². The van der Waals surface area contributed by atoms with E-state index >= 15 is 0 Å². The molecule has 1 fully saturated rings. The molecule has 0 aliphatic carbocycles. The summed E-state index contributed by atoms with van der Waals surface area (Å²) in [5.74, 6) is 0.388. The van der Waals surface area contributed by atoms with Gasteiger partial charge in [-0.1, -0.05) is 13.0 Å². The molecule has 1 heterocycles. The lowest BCUT2D eigenvalue weighted by atomic mass is 10.1. The highest BCUT2D eigenvalue weighted by Gasteiger charge is 2.21. The highest BCUT2D eigenvalue weighted by molar-refractivity contribution is 5.54. The van der Waals surface area contributed by atoms with Crippen molar-refractivity contribution in [1.29, 1.82) is 0 Å². The smallest absolute Gasteiger partial charge is 0.122 e. The van der Waals surface area contributed by atoms with Crippen LogP contribution in [0.1, 0.15) is 38.8 Å². The molecule has 4 heteroatoms. The molecule has 1 saturated heterocycles. The zero-order chi connectivity index (χ0) is 15.4. The van der Waals surface area contributed by atoms with E-state index in [-0.39, 0.29) is 6.04 Å². The number of phenolic OH excluding ortho intramolecular Hbond substituents is 1. The molecule has 0 bridgehead atoms. The van der Waals surface area contributed by atoms with Crippen LogP contribution < -0.4 is 10.2 Å². The second kappa shape index (κ2) is 7.14. The topological polar surface area (TPSA) is 38.7 Å². The Morgan fingerprint density at radius 1 is 1.19 bits per heavy atom. The highest BCUT2D eigenvalue weighted by atomic mass is 16.3. The Hall–Kier alpha value is -1.26. The third kappa shape index (κ3) is 3.69. The molecule has 1 aromatic rings. The monoisotopic (exact) mass is 291 g/mol. The maximum Gasteiger partial charge on any atom is 0.122 e. The van der Waals surface area contributed by atoms with Gasteiger partial charge in [0.15, 0.2) is 0 Å². The molecule has 1 aliphatic heterocycles. The molecule has 2 N–H and O–H groups in total. The molecule has 0 saturated carbocycles. The number of hydrogen-bond acceptors (Lipinski definition) is 4. The number of hydrogen-bond donors (Lipinski definition) is 2. The largest absolute Gasteiger partial charge is 0.508 e. The number of nitrogens with one attached hydrogen (secondary N) is 1. The number of nitrogens with zero attached hydrogens (tertiary/aromatic N) is 2. The van der Waals surface area contributed by atoms with Crippen LogP contribution in [-0.2, 0) is 0 Å². The summed E-state index contributed by atoms with van der Waals surface area (Å²) in [6.45, 7) is 10.9. The molecule has 2 unspecified atom stereocenters. The van der Waals surface area contributed by atoms with E-state index in [0.29, 0.717) is 11.8 Å². The fourth-order valence-electron chi connectivity index (χ4n) is 2.93. The predicted molar refractivity (Wildman–Crippen MR) is 89.1 cm³/mol. The number of piperazine rings is 1. The van der Waals surface area contributed by atoms with Crippen molar-refractivity contribution in [1.82, 2.24) is 10.2 Å². The Bertz CT molecular complexity index is 455. The lowest BCUT2D eigenvalue weighted by Gasteiger charge is -2.39. The maximum atomic E-state index is 10.2. The number of rotatable bonds is 5. The van der Waals surface area contributed by atoms with E-state index in [4.69, 9.17) is 0 Å². The van der Waals surface area contributed by atoms with Gasteiger partial charge in [-0.2, -0.15) is 0 Å². The van der Waals surface area contributed by atoms with Crippen LogP contribution in [0.3, 0.4) is 0 Å². The quantitative estimate of drug-likeness (QED) is 0.874. The first-order valence-electron chi connectivity index (χ1n) is 8.06. The number of benzene rings is 1. The van der Waals surface area contributed by atoms with Crippen LogP contribution in [0, 0.1) is 0 Å². The second-order valence-corrected chi connectivity index (χ2v) is 6.03. The third-order valence-corrected chi connectivity index (χ3v) is 4.81. The first kappa shape index (κ1) is 16.1. The lowest BCUT2D eigenvalue weighted by molar-refractivity contribution is 0.193. The summed E-state index contributed by atoms with van der Waals surface area (Å²) in [4.78, 5) is 4.92. The minimum atomic E-state index is 0.168. The predicted octanol–water partition coefficient (Wildman–Crippen LogP) is 2.59. The van der Waals surface area contributed by atoms with Gasteiger partial charge < -0.3 is 15.3 Å². The van der Waals surface area contributed by atoms with Crippen molar-refractivity contribution in [3.05, 3.63) is 23.8 Å². The number of aromatic hydroxyl groups is 1. The van der Waals surface area contributed by atoms with E-state index in [9.17, 15) is 5.11 Å². The van der Waals surface area contributed by atoms with E-state index in [1.165, 1.54) is 6.42 Å². The van der Waals surface area contributed by atoms with E-state index in [0.717, 1.165) is 37.4 Å². The van der Waals surface area contributed by atoms with Gasteiger partial charge >= 0.3 is 0 Å². The fraction of sp³-hybridized carbons (Fsp3) is 0.647. The molecule has 2 rings (SSSR count). The van der Waals surface area contributed by atoms with Crippen LogP contribution in [0.5, 0.6) is 5.75 Å². The molecule has 1 aromatic carbocycles. The van der Waals surface area contributed by atoms with E-state index in [2.05, 4.69) is 42.0 Å². The summed E-state index contributed by atoms with van der Waals surface area (Å²) < 4.78 is 0. The van der Waals surface area contributed by atoms with Crippen molar-refractivity contribution in [3.8, 4) is 5.75 Å². The standard InChI is InChI=1S/C17H29N3O/c1-5-13(2)19-8-10-20(11-9-19)15-6-7-16(14(3)18-4)17(21)12-15/h6-7,12-14,18,21H,5,8-11H2,1-4H3. The molecule has 0 aromatic heterocycles. The second-order valence-electron chi connectivity index (χ2n) is 6.03. The summed E-state index contributed by atoms with van der Waals surface area (Å²) in [5.41, 5.74) is 2.09. The van der Waals surface area contributed by atoms with Gasteiger partial charge in [-0.05, 0) is 33.4 Å². The Labute approximate surface area is 128 Å². The highest BCUT2D eigenvalue weighted by Crippen LogP contribution is 2.29. The SMILES string of the molecule is CCC(C)N1CCN(c2ccc(C(C)NC)c(O)c2)CC1. The summed E-state index contributed by atoms with van der Waals surface area (Å²) in [6.07, 6.45) is 1.21. The maximum absolute atomic E-state index is 10.2. The van der Waals surface area contributed by atoms with Gasteiger partial charge in [0.1, 0.15) is 5.75 Å². The van der Waals surface area contributed by atoms with Crippen LogP contribution >= 0.6 is 0 Å². The fourth-order valence-corrected chi connectivity index (χ4v) is 2.93. The number of anilines is 1. The molecular formula is C17H29N3O. The molecule has 118 valence electrons. The molecule has 0 amide bonds. The summed E-state index contributed by atoms with van der Waals surface area (Å²) in [5, 5.41) is 13.4. The van der Waals surface area contributed by atoms with Crippen molar-refractivity contribution in [2.24, 2.45) is 0 Å². The van der Waals surface area contributed by atoms with Gasteiger partial charge in [-0.3, -0.25) is 4.90 Å². The first-order valence-corrected chi connectivity index (χ1v) is 8.06. The first-order chi connectivity index (χ1) is 10.1. The van der Waals surface area contributed by atoms with Gasteiger partial charge in [-0.25, -0.2) is 0 Å². The average Bonchev–Trinajstić information content (AvgIpc) is 2.53. The van der Waals surface area contributed by atoms with Crippen LogP contribution in [0.2, 0.25) is 0 Å². The van der Waals surface area contributed by atoms with Crippen LogP contribution in [0.25, 0.3) is 0 Å². The Kier molecular flexibility index (Phi) is 5.48. The van der Waals surface area contributed by atoms with Gasteiger partial charge in [0.2, 0.25) is 0 Å². The van der Waals surface area contributed by atoms with Crippen molar-refractivity contribution in [2.45, 2.75) is 39.3 Å². The molecular weight excluding hydrogens is 262 g/mol. The molecule has 0 radical (unpaired) electrons. The van der Waals surface area contributed by atoms with Crippen LogP contribution in [-0.4, -0.2) is 49.3 Å². The minimum absolute atomic E-state index is 0.168. The minimum Gasteiger partial charge on any atom is -0.508 e. The summed E-state index contributed by atoms with van der Waals surface area (Å²) in [7, 11) is 1.91. The van der Waals surface area contributed by atoms with E-state index in [1.54, 1.807) is 0 Å². The Balaban J connectivity index is 2.02. The summed E-state index contributed by atoms with van der Waals surface area (Å²) >= 11 is 0. The number of phenols is 1. The van der Waals surface area contributed by atoms with E-state index in [1.807, 2.05) is 19.2 Å². The van der Waals surface area contributed by atoms with E-state index < -0.39 is 0 Å². The molecule has 1 aliphatic rings. The molecule has 4 nitrogen and oxygen atoms in total. The zero-order valence-corrected chi connectivity index (χ0v) is 13.8. The van der Waals surface area contributed by atoms with Gasteiger partial charge in [0, 0.05) is 55.6 Å². The van der Waals surface area contributed by atoms with Gasteiger partial charge in [0.05, 0.1) is 0 Å². The average molecular weight is 291 g/mol. The molecule has 2 atom stereocenters. The molecule has 0 spiro atoms. The Morgan fingerprint density at radius 2 is 1.86 bits per heavy atom. The summed E-state index contributed by atoms with van der Waals surface area (Å²) in [6, 6.07) is 6.90. The lowest BCUT2D eigenvalue weighted by Crippen LogP contribution is -2.49. The zero-order valence-electron chi connectivity index (χ0n) is 13.8. The third-order valence-electron chi connectivity index (χ3n) is 4.81. The normalized spacial score (nSPS) is 19.5. The van der Waals surface area contributed by atoms with Gasteiger partial charge in [0.25, 0.3) is 0 Å². The Morgan fingerprint density at radius 3 is 2.38 bits per heavy atom.